The van der Waals surface area contributed by atoms with Crippen LogP contribution in [0.1, 0.15) is 42.5 Å². The zero-order valence-electron chi connectivity index (χ0n) is 11.3. The third-order valence-corrected chi connectivity index (χ3v) is 4.05. The summed E-state index contributed by atoms with van der Waals surface area (Å²) >= 11 is 6.23. The molecule has 0 aliphatic heterocycles. The van der Waals surface area contributed by atoms with Gasteiger partial charge < -0.3 is 0 Å². The molecule has 1 aromatic carbocycles. The van der Waals surface area contributed by atoms with E-state index in [1.165, 1.54) is 18.4 Å². The second-order valence-corrected chi connectivity index (χ2v) is 5.51. The maximum absolute atomic E-state index is 6.23. The molecule has 0 N–H and O–H groups in total. The summed E-state index contributed by atoms with van der Waals surface area (Å²) in [6, 6.07) is 8.58. The van der Waals surface area contributed by atoms with Crippen molar-refractivity contribution in [1.29, 1.82) is 0 Å². The van der Waals surface area contributed by atoms with Gasteiger partial charge >= 0.3 is 0 Å². The molecule has 0 bridgehead atoms. The standard InChI is InChI=1S/C16H17ClN2/c1-3-14-10(2)18-16(19-15(14)17)13-8-6-12(7-9-13)11-4-5-11/h6-9,11H,3-5H2,1-2H3. The summed E-state index contributed by atoms with van der Waals surface area (Å²) < 4.78 is 0. The van der Waals surface area contributed by atoms with Crippen LogP contribution < -0.4 is 0 Å². The van der Waals surface area contributed by atoms with Gasteiger partial charge in [-0.2, -0.15) is 0 Å². The Hall–Kier alpha value is -1.41. The van der Waals surface area contributed by atoms with Gasteiger partial charge in [-0.25, -0.2) is 9.97 Å². The van der Waals surface area contributed by atoms with Gasteiger partial charge in [-0.3, -0.25) is 0 Å². The van der Waals surface area contributed by atoms with Crippen LogP contribution in [-0.4, -0.2) is 9.97 Å². The fraction of sp³-hybridized carbons (Fsp3) is 0.375. The summed E-state index contributed by atoms with van der Waals surface area (Å²) in [5, 5.41) is 0.580. The highest BCUT2D eigenvalue weighted by molar-refractivity contribution is 6.30. The van der Waals surface area contributed by atoms with Gasteiger partial charge in [-0.05, 0) is 37.7 Å². The minimum absolute atomic E-state index is 0.580. The van der Waals surface area contributed by atoms with E-state index in [4.69, 9.17) is 11.6 Å². The average molecular weight is 273 g/mol. The van der Waals surface area contributed by atoms with Gasteiger partial charge in [0, 0.05) is 16.8 Å². The predicted molar refractivity (Wildman–Crippen MR) is 78.6 cm³/mol. The molecule has 3 rings (SSSR count). The number of hydrogen-bond donors (Lipinski definition) is 0. The predicted octanol–water partition coefficient (Wildman–Crippen LogP) is 4.55. The Morgan fingerprint density at radius 3 is 2.37 bits per heavy atom. The smallest absolute Gasteiger partial charge is 0.161 e. The summed E-state index contributed by atoms with van der Waals surface area (Å²) in [6.45, 7) is 4.07. The number of hydrogen-bond acceptors (Lipinski definition) is 2. The van der Waals surface area contributed by atoms with Crippen LogP contribution in [0.4, 0.5) is 0 Å². The summed E-state index contributed by atoms with van der Waals surface area (Å²) in [5.41, 5.74) is 4.48. The van der Waals surface area contributed by atoms with E-state index < -0.39 is 0 Å². The third kappa shape index (κ3) is 2.50. The molecule has 0 saturated heterocycles. The Morgan fingerprint density at radius 1 is 1.16 bits per heavy atom. The van der Waals surface area contributed by atoms with Crippen LogP contribution in [0.15, 0.2) is 24.3 Å². The zero-order valence-corrected chi connectivity index (χ0v) is 12.0. The van der Waals surface area contributed by atoms with Crippen molar-refractivity contribution in [2.24, 2.45) is 0 Å². The topological polar surface area (TPSA) is 25.8 Å². The van der Waals surface area contributed by atoms with Gasteiger partial charge in [0.15, 0.2) is 5.82 Å². The van der Waals surface area contributed by atoms with Crippen molar-refractivity contribution in [2.75, 3.05) is 0 Å². The van der Waals surface area contributed by atoms with E-state index in [0.29, 0.717) is 5.15 Å². The van der Waals surface area contributed by atoms with Crippen molar-refractivity contribution < 1.29 is 0 Å². The van der Waals surface area contributed by atoms with Crippen LogP contribution >= 0.6 is 11.6 Å². The molecule has 0 atom stereocenters. The van der Waals surface area contributed by atoms with Crippen molar-refractivity contribution in [3.05, 3.63) is 46.2 Å². The largest absolute Gasteiger partial charge is 0.233 e. The van der Waals surface area contributed by atoms with Gasteiger partial charge in [0.05, 0.1) is 0 Å². The highest BCUT2D eigenvalue weighted by Crippen LogP contribution is 2.40. The Bertz CT molecular complexity index is 578. The molecule has 1 aliphatic rings. The lowest BCUT2D eigenvalue weighted by Gasteiger charge is -2.08. The van der Waals surface area contributed by atoms with Crippen LogP contribution in [-0.2, 0) is 6.42 Å². The number of aromatic nitrogens is 2. The molecule has 98 valence electrons. The van der Waals surface area contributed by atoms with Crippen molar-refractivity contribution in [3.8, 4) is 11.4 Å². The monoisotopic (exact) mass is 272 g/mol. The quantitative estimate of drug-likeness (QED) is 0.767. The number of nitrogens with zero attached hydrogens (tertiary/aromatic N) is 2. The molecule has 19 heavy (non-hydrogen) atoms. The fourth-order valence-corrected chi connectivity index (χ4v) is 2.76. The summed E-state index contributed by atoms with van der Waals surface area (Å²) in [4.78, 5) is 8.99. The van der Waals surface area contributed by atoms with Crippen LogP contribution in [0.25, 0.3) is 11.4 Å². The van der Waals surface area contributed by atoms with Crippen LogP contribution in [0, 0.1) is 6.92 Å². The first-order chi connectivity index (χ1) is 9.19. The summed E-state index contributed by atoms with van der Waals surface area (Å²) in [7, 11) is 0. The number of aryl methyl sites for hydroxylation is 1. The number of rotatable bonds is 3. The highest BCUT2D eigenvalue weighted by Gasteiger charge is 2.23. The Labute approximate surface area is 118 Å². The molecule has 1 heterocycles. The average Bonchev–Trinajstić information content (AvgIpc) is 3.23. The molecule has 0 amide bonds. The first kappa shape index (κ1) is 12.6. The number of benzene rings is 1. The van der Waals surface area contributed by atoms with Crippen LogP contribution in [0.3, 0.4) is 0 Å². The van der Waals surface area contributed by atoms with Gasteiger partial charge in [-0.15, -0.1) is 0 Å². The molecule has 2 nitrogen and oxygen atoms in total. The van der Waals surface area contributed by atoms with Gasteiger partial charge in [-0.1, -0.05) is 42.8 Å². The second-order valence-electron chi connectivity index (χ2n) is 5.15. The molecule has 1 aliphatic carbocycles. The molecule has 1 fully saturated rings. The lowest BCUT2D eigenvalue weighted by Crippen LogP contribution is -1.99. The van der Waals surface area contributed by atoms with E-state index in [0.717, 1.165) is 35.0 Å². The van der Waals surface area contributed by atoms with Crippen LogP contribution in [0.2, 0.25) is 5.15 Å². The summed E-state index contributed by atoms with van der Waals surface area (Å²) in [6.07, 6.45) is 3.52. The minimum atomic E-state index is 0.580. The molecule has 3 heteroatoms. The van der Waals surface area contributed by atoms with Crippen molar-refractivity contribution >= 4 is 11.6 Å². The maximum atomic E-state index is 6.23. The molecular weight excluding hydrogens is 256 g/mol. The van der Waals surface area contributed by atoms with Crippen LogP contribution in [0.5, 0.6) is 0 Å². The zero-order chi connectivity index (χ0) is 13.4. The molecule has 0 spiro atoms. The lowest BCUT2D eigenvalue weighted by atomic mass is 10.1. The van der Waals surface area contributed by atoms with Crippen molar-refractivity contribution in [1.82, 2.24) is 9.97 Å². The Balaban J connectivity index is 1.96. The maximum Gasteiger partial charge on any atom is 0.161 e. The molecule has 0 unspecified atom stereocenters. The Morgan fingerprint density at radius 2 is 1.84 bits per heavy atom. The molecule has 1 aromatic heterocycles. The van der Waals surface area contributed by atoms with E-state index >= 15 is 0 Å². The second kappa shape index (κ2) is 4.93. The number of halogens is 1. The first-order valence-electron chi connectivity index (χ1n) is 6.82. The van der Waals surface area contributed by atoms with Gasteiger partial charge in [0.2, 0.25) is 0 Å². The van der Waals surface area contributed by atoms with E-state index in [1.54, 1.807) is 0 Å². The highest BCUT2D eigenvalue weighted by atomic mass is 35.5. The normalized spacial score (nSPS) is 14.7. The molecule has 2 aromatic rings. The van der Waals surface area contributed by atoms with E-state index in [9.17, 15) is 0 Å². The first-order valence-corrected chi connectivity index (χ1v) is 7.20. The third-order valence-electron chi connectivity index (χ3n) is 3.73. The summed E-state index contributed by atoms with van der Waals surface area (Å²) in [5.74, 6) is 1.50. The van der Waals surface area contributed by atoms with E-state index in [-0.39, 0.29) is 0 Å². The van der Waals surface area contributed by atoms with E-state index in [1.807, 2.05) is 6.92 Å². The minimum Gasteiger partial charge on any atom is -0.233 e. The fourth-order valence-electron chi connectivity index (χ4n) is 2.41. The SMILES string of the molecule is CCc1c(C)nc(-c2ccc(C3CC3)cc2)nc1Cl. The van der Waals surface area contributed by atoms with E-state index in [2.05, 4.69) is 41.2 Å². The van der Waals surface area contributed by atoms with Crippen molar-refractivity contribution in [3.63, 3.8) is 0 Å². The van der Waals surface area contributed by atoms with Crippen molar-refractivity contribution in [2.45, 2.75) is 39.0 Å². The lowest BCUT2D eigenvalue weighted by molar-refractivity contribution is 1.00. The van der Waals surface area contributed by atoms with Gasteiger partial charge in [0.1, 0.15) is 5.15 Å². The van der Waals surface area contributed by atoms with Gasteiger partial charge in [0.25, 0.3) is 0 Å². The molecule has 1 saturated carbocycles. The Kier molecular flexibility index (Phi) is 3.28. The molecular formula is C16H17ClN2. The molecule has 0 radical (unpaired) electrons.